The van der Waals surface area contributed by atoms with Gasteiger partial charge in [0.05, 0.1) is 24.3 Å². The van der Waals surface area contributed by atoms with Crippen LogP contribution in [0.2, 0.25) is 0 Å². The van der Waals surface area contributed by atoms with E-state index in [1.54, 1.807) is 60.2 Å². The van der Waals surface area contributed by atoms with E-state index >= 15 is 0 Å². The number of nitrogens with one attached hydrogen (secondary N) is 1. The lowest BCUT2D eigenvalue weighted by molar-refractivity contribution is -0.116. The van der Waals surface area contributed by atoms with Crippen LogP contribution in [0.25, 0.3) is 0 Å². The van der Waals surface area contributed by atoms with Gasteiger partial charge in [-0.25, -0.2) is 13.1 Å². The van der Waals surface area contributed by atoms with E-state index in [4.69, 9.17) is 9.47 Å². The molecule has 0 spiro atoms. The number of nitrogens with zero attached hydrogens (tertiary/aromatic N) is 1. The zero-order valence-corrected chi connectivity index (χ0v) is 19.1. The van der Waals surface area contributed by atoms with Crippen molar-refractivity contribution in [2.75, 3.05) is 25.2 Å². The Labute approximate surface area is 181 Å². The first-order chi connectivity index (χ1) is 14.2. The highest BCUT2D eigenvalue weighted by molar-refractivity contribution is 8.00. The van der Waals surface area contributed by atoms with Crippen LogP contribution in [0.15, 0.2) is 46.2 Å². The molecule has 162 valence electrons. The molecule has 9 heteroatoms. The zero-order valence-electron chi connectivity index (χ0n) is 17.5. The molecule has 7 nitrogen and oxygen atoms in total. The quantitative estimate of drug-likeness (QED) is 0.696. The van der Waals surface area contributed by atoms with E-state index in [1.807, 2.05) is 13.8 Å². The van der Waals surface area contributed by atoms with Gasteiger partial charge in [-0.2, -0.15) is 0 Å². The van der Waals surface area contributed by atoms with E-state index in [-0.39, 0.29) is 22.6 Å². The molecule has 1 atom stereocenters. The van der Waals surface area contributed by atoms with Crippen LogP contribution < -0.4 is 19.1 Å². The first-order valence-corrected chi connectivity index (χ1v) is 12.0. The van der Waals surface area contributed by atoms with Gasteiger partial charge < -0.3 is 14.4 Å². The zero-order chi connectivity index (χ0) is 21.9. The summed E-state index contributed by atoms with van der Waals surface area (Å²) in [4.78, 5) is 14.7. The Morgan fingerprint density at radius 1 is 1.23 bits per heavy atom. The molecular weight excluding hydrogens is 424 g/mol. The molecule has 3 rings (SSSR count). The maximum Gasteiger partial charge on any atom is 0.240 e. The molecule has 0 saturated carbocycles. The summed E-state index contributed by atoms with van der Waals surface area (Å²) in [5, 5.41) is 0.247. The number of fused-ring (bicyclic) bond motifs is 1. The third-order valence-electron chi connectivity index (χ3n) is 4.67. The number of carbonyl (C=O) groups excluding carboxylic acids is 1. The third-order valence-corrected chi connectivity index (χ3v) is 7.22. The van der Waals surface area contributed by atoms with Crippen LogP contribution in [0.3, 0.4) is 0 Å². The summed E-state index contributed by atoms with van der Waals surface area (Å²) in [6, 6.07) is 10.2. The standard InChI is InChI=1S/C21H26N2O5S2/c1-5-28-19-8-6-16(10-20(19)27-4)12-22-30(25,26)17-7-9-21-18(11-17)23(15(3)24)13-14(2)29-21/h6-11,14,22H,5,12-13H2,1-4H3/t14-/m0/s1. The van der Waals surface area contributed by atoms with Gasteiger partial charge >= 0.3 is 0 Å². The second-order valence-corrected chi connectivity index (χ2v) is 10.2. The highest BCUT2D eigenvalue weighted by Gasteiger charge is 2.27. The Kier molecular flexibility index (Phi) is 6.95. The number of sulfonamides is 1. The van der Waals surface area contributed by atoms with Crippen molar-refractivity contribution in [3.8, 4) is 11.5 Å². The Balaban J connectivity index is 1.81. The second-order valence-electron chi connectivity index (χ2n) is 6.93. The van der Waals surface area contributed by atoms with Crippen molar-refractivity contribution in [1.82, 2.24) is 4.72 Å². The van der Waals surface area contributed by atoms with Gasteiger partial charge in [-0.1, -0.05) is 13.0 Å². The number of anilines is 1. The number of methoxy groups -OCH3 is 1. The molecule has 1 aliphatic rings. The molecule has 2 aromatic rings. The van der Waals surface area contributed by atoms with Crippen LogP contribution in [-0.4, -0.2) is 39.8 Å². The van der Waals surface area contributed by atoms with Gasteiger partial charge in [0, 0.05) is 30.2 Å². The highest BCUT2D eigenvalue weighted by Crippen LogP contribution is 2.39. The van der Waals surface area contributed by atoms with E-state index in [0.29, 0.717) is 30.3 Å². The number of amides is 1. The molecule has 0 bridgehead atoms. The molecule has 2 aromatic carbocycles. The van der Waals surface area contributed by atoms with E-state index in [9.17, 15) is 13.2 Å². The van der Waals surface area contributed by atoms with E-state index in [1.165, 1.54) is 6.92 Å². The maximum absolute atomic E-state index is 12.9. The number of rotatable bonds is 7. The van der Waals surface area contributed by atoms with Crippen LogP contribution in [0.1, 0.15) is 26.3 Å². The lowest BCUT2D eigenvalue weighted by Crippen LogP contribution is -2.37. The van der Waals surface area contributed by atoms with Crippen LogP contribution >= 0.6 is 11.8 Å². The van der Waals surface area contributed by atoms with Gasteiger partial charge in [-0.3, -0.25) is 4.79 Å². The van der Waals surface area contributed by atoms with Crippen LogP contribution in [-0.2, 0) is 21.4 Å². The largest absolute Gasteiger partial charge is 0.493 e. The lowest BCUT2D eigenvalue weighted by Gasteiger charge is -2.32. The van der Waals surface area contributed by atoms with Crippen molar-refractivity contribution in [3.63, 3.8) is 0 Å². The Bertz CT molecular complexity index is 1040. The Morgan fingerprint density at radius 3 is 2.67 bits per heavy atom. The number of hydrogen-bond donors (Lipinski definition) is 1. The molecule has 1 amide bonds. The van der Waals surface area contributed by atoms with Crippen molar-refractivity contribution in [2.24, 2.45) is 0 Å². The van der Waals surface area contributed by atoms with Gasteiger partial charge in [0.2, 0.25) is 15.9 Å². The van der Waals surface area contributed by atoms with Crippen molar-refractivity contribution < 1.29 is 22.7 Å². The maximum atomic E-state index is 12.9. The lowest BCUT2D eigenvalue weighted by atomic mass is 10.2. The monoisotopic (exact) mass is 450 g/mol. The van der Waals surface area contributed by atoms with Crippen LogP contribution in [0.5, 0.6) is 11.5 Å². The summed E-state index contributed by atoms with van der Waals surface area (Å²) >= 11 is 1.64. The van der Waals surface area contributed by atoms with Crippen molar-refractivity contribution in [2.45, 2.75) is 42.4 Å². The van der Waals surface area contributed by atoms with Crippen molar-refractivity contribution in [1.29, 1.82) is 0 Å². The first-order valence-electron chi connectivity index (χ1n) is 9.63. The van der Waals surface area contributed by atoms with Crippen LogP contribution in [0.4, 0.5) is 5.69 Å². The molecule has 1 aliphatic heterocycles. The SMILES string of the molecule is CCOc1ccc(CNS(=O)(=O)c2ccc3c(c2)N(C(C)=O)C[C@H](C)S3)cc1OC. The van der Waals surface area contributed by atoms with Gasteiger partial charge in [0.15, 0.2) is 11.5 Å². The number of benzene rings is 2. The number of thioether (sulfide) groups is 1. The average molecular weight is 451 g/mol. The van der Waals surface area contributed by atoms with E-state index < -0.39 is 10.0 Å². The smallest absolute Gasteiger partial charge is 0.240 e. The number of carbonyl (C=O) groups is 1. The summed E-state index contributed by atoms with van der Waals surface area (Å²) in [5.41, 5.74) is 1.38. The molecule has 0 unspecified atom stereocenters. The fourth-order valence-corrected chi connectivity index (χ4v) is 5.37. The first kappa shape index (κ1) is 22.5. The van der Waals surface area contributed by atoms with Gasteiger partial charge in [0.25, 0.3) is 0 Å². The molecule has 1 N–H and O–H groups in total. The summed E-state index contributed by atoms with van der Waals surface area (Å²) in [6.45, 7) is 6.58. The molecule has 0 fully saturated rings. The van der Waals surface area contributed by atoms with Crippen LogP contribution in [0, 0.1) is 0 Å². The molecule has 0 aromatic heterocycles. The topological polar surface area (TPSA) is 84.9 Å². The third kappa shape index (κ3) is 4.91. The molecule has 1 heterocycles. The molecular formula is C21H26N2O5S2. The van der Waals surface area contributed by atoms with E-state index in [0.717, 1.165) is 10.5 Å². The minimum atomic E-state index is -3.76. The molecule has 0 radical (unpaired) electrons. The van der Waals surface area contributed by atoms with Crippen molar-refractivity contribution >= 4 is 33.4 Å². The van der Waals surface area contributed by atoms with Gasteiger partial charge in [-0.15, -0.1) is 11.8 Å². The molecule has 0 saturated heterocycles. The predicted octanol–water partition coefficient (Wildman–Crippen LogP) is 3.42. The fourth-order valence-electron chi connectivity index (χ4n) is 3.24. The normalized spacial score (nSPS) is 16.1. The summed E-state index contributed by atoms with van der Waals surface area (Å²) in [7, 11) is -2.22. The highest BCUT2D eigenvalue weighted by atomic mass is 32.2. The van der Waals surface area contributed by atoms with Crippen molar-refractivity contribution in [3.05, 3.63) is 42.0 Å². The van der Waals surface area contributed by atoms with E-state index in [2.05, 4.69) is 4.72 Å². The summed E-state index contributed by atoms with van der Waals surface area (Å²) < 4.78 is 39.2. The predicted molar refractivity (Wildman–Crippen MR) is 118 cm³/mol. The minimum Gasteiger partial charge on any atom is -0.493 e. The molecule has 0 aliphatic carbocycles. The minimum absolute atomic E-state index is 0.102. The summed E-state index contributed by atoms with van der Waals surface area (Å²) in [5.74, 6) is 1.05. The average Bonchev–Trinajstić information content (AvgIpc) is 2.72. The van der Waals surface area contributed by atoms with Gasteiger partial charge in [0.1, 0.15) is 0 Å². The van der Waals surface area contributed by atoms with Gasteiger partial charge in [-0.05, 0) is 42.8 Å². The Hall–Kier alpha value is -2.23. The Morgan fingerprint density at radius 2 is 2.00 bits per heavy atom. The fraction of sp³-hybridized carbons (Fsp3) is 0.381. The molecule has 30 heavy (non-hydrogen) atoms. The number of ether oxygens (including phenoxy) is 2. The number of hydrogen-bond acceptors (Lipinski definition) is 6. The second kappa shape index (κ2) is 9.28. The summed E-state index contributed by atoms with van der Waals surface area (Å²) in [6.07, 6.45) is 0.